The first-order valence-electron chi connectivity index (χ1n) is 11.7. The highest BCUT2D eigenvalue weighted by Crippen LogP contribution is 2.38. The van der Waals surface area contributed by atoms with Gasteiger partial charge < -0.3 is 35.2 Å². The standard InChI is InChI=1S/C24H35N5O6/c1-16(18(19(30)31)26-22(34)35-23(2,3)4)25-21(33)28-13-11-24(12-14-28)20(32)27(5)15-29(24)17-9-7-6-8-10-17/h6-10,16,18H,11-15H2,1-5H3,(H,25,33)(H,26,34)(H,30,31). The van der Waals surface area contributed by atoms with Crippen molar-refractivity contribution >= 4 is 29.7 Å². The summed E-state index contributed by atoms with van der Waals surface area (Å²) in [6, 6.07) is 7.01. The number of likely N-dealkylation sites (tertiary alicyclic amines) is 1. The molecule has 1 aromatic carbocycles. The molecule has 3 N–H and O–H groups in total. The van der Waals surface area contributed by atoms with E-state index in [4.69, 9.17) is 4.74 Å². The number of carboxylic acids is 1. The summed E-state index contributed by atoms with van der Waals surface area (Å²) in [6.07, 6.45) is 0.0207. The van der Waals surface area contributed by atoms with E-state index in [-0.39, 0.29) is 5.91 Å². The lowest BCUT2D eigenvalue weighted by Gasteiger charge is -2.43. The number of benzene rings is 1. The minimum atomic E-state index is -1.37. The topological polar surface area (TPSA) is 132 Å². The van der Waals surface area contributed by atoms with Gasteiger partial charge in [0.25, 0.3) is 0 Å². The lowest BCUT2D eigenvalue weighted by Crippen LogP contribution is -2.61. The van der Waals surface area contributed by atoms with Crippen LogP contribution in [0.1, 0.15) is 40.5 Å². The quantitative estimate of drug-likeness (QED) is 0.575. The molecule has 2 aliphatic rings. The predicted octanol–water partition coefficient (Wildman–Crippen LogP) is 1.83. The van der Waals surface area contributed by atoms with Gasteiger partial charge in [0, 0.05) is 25.8 Å². The number of carbonyl (C=O) groups excluding carboxylic acids is 3. The maximum atomic E-state index is 13.1. The summed E-state index contributed by atoms with van der Waals surface area (Å²) in [5.74, 6) is -1.26. The van der Waals surface area contributed by atoms with Crippen LogP contribution < -0.4 is 15.5 Å². The zero-order chi connectivity index (χ0) is 26.0. The number of alkyl carbamates (subject to hydrolysis) is 1. The van der Waals surface area contributed by atoms with Crippen LogP contribution in [0.5, 0.6) is 0 Å². The molecular formula is C24H35N5O6. The molecule has 2 fully saturated rings. The van der Waals surface area contributed by atoms with Crippen molar-refractivity contribution in [1.82, 2.24) is 20.4 Å². The molecule has 2 heterocycles. The first-order valence-corrected chi connectivity index (χ1v) is 11.7. The van der Waals surface area contributed by atoms with Gasteiger partial charge in [0.15, 0.2) is 0 Å². The molecule has 2 aliphatic heterocycles. The second-order valence-electron chi connectivity index (χ2n) is 10.1. The van der Waals surface area contributed by atoms with E-state index in [9.17, 15) is 24.3 Å². The summed E-state index contributed by atoms with van der Waals surface area (Å²) in [4.78, 5) is 55.2. The number of hydrogen-bond acceptors (Lipinski definition) is 6. The average Bonchev–Trinajstić information content (AvgIpc) is 3.02. The van der Waals surface area contributed by atoms with Gasteiger partial charge in [-0.25, -0.2) is 14.4 Å². The van der Waals surface area contributed by atoms with Crippen LogP contribution in [-0.4, -0.2) is 88.9 Å². The molecule has 0 bridgehead atoms. The summed E-state index contributed by atoms with van der Waals surface area (Å²) >= 11 is 0. The Morgan fingerprint density at radius 2 is 1.69 bits per heavy atom. The monoisotopic (exact) mass is 489 g/mol. The number of amides is 4. The van der Waals surface area contributed by atoms with Gasteiger partial charge in [0.1, 0.15) is 17.2 Å². The van der Waals surface area contributed by atoms with E-state index in [1.54, 1.807) is 37.6 Å². The SMILES string of the molecule is CC(NC(=O)N1CCC2(CC1)C(=O)N(C)CN2c1ccccc1)C(NC(=O)OC(C)(C)C)C(=O)O. The van der Waals surface area contributed by atoms with Crippen molar-refractivity contribution in [2.45, 2.75) is 63.8 Å². The van der Waals surface area contributed by atoms with Gasteiger partial charge in [-0.3, -0.25) is 4.79 Å². The molecule has 2 unspecified atom stereocenters. The van der Waals surface area contributed by atoms with Crippen molar-refractivity contribution in [3.05, 3.63) is 30.3 Å². The summed E-state index contributed by atoms with van der Waals surface area (Å²) in [7, 11) is 1.78. The number of ether oxygens (including phenoxy) is 1. The van der Waals surface area contributed by atoms with Gasteiger partial charge in [-0.2, -0.15) is 0 Å². The molecule has 0 aromatic heterocycles. The lowest BCUT2D eigenvalue weighted by atomic mass is 9.85. The molecule has 1 spiro atoms. The zero-order valence-corrected chi connectivity index (χ0v) is 20.9. The average molecular weight is 490 g/mol. The molecule has 2 saturated heterocycles. The Hall–Kier alpha value is -3.50. The predicted molar refractivity (Wildman–Crippen MR) is 129 cm³/mol. The number of nitrogens with one attached hydrogen (secondary N) is 2. The van der Waals surface area contributed by atoms with E-state index in [2.05, 4.69) is 15.5 Å². The maximum Gasteiger partial charge on any atom is 0.408 e. The van der Waals surface area contributed by atoms with Crippen molar-refractivity contribution in [3.63, 3.8) is 0 Å². The van der Waals surface area contributed by atoms with Crippen LogP contribution in [0.25, 0.3) is 0 Å². The minimum absolute atomic E-state index is 0.0299. The number of carboxylic acid groups (broad SMARTS) is 1. The van der Waals surface area contributed by atoms with Crippen LogP contribution >= 0.6 is 0 Å². The third-order valence-corrected chi connectivity index (χ3v) is 6.35. The normalized spacial score (nSPS) is 19.3. The molecule has 2 atom stereocenters. The number of nitrogens with zero attached hydrogens (tertiary/aromatic N) is 3. The van der Waals surface area contributed by atoms with Gasteiger partial charge >= 0.3 is 18.1 Å². The van der Waals surface area contributed by atoms with Gasteiger partial charge in [-0.1, -0.05) is 18.2 Å². The third kappa shape index (κ3) is 5.77. The molecule has 4 amide bonds. The van der Waals surface area contributed by atoms with Crippen LogP contribution in [0.3, 0.4) is 0 Å². The van der Waals surface area contributed by atoms with E-state index >= 15 is 0 Å². The Bertz CT molecular complexity index is 955. The number of piperidine rings is 1. The molecule has 11 nitrogen and oxygen atoms in total. The Labute approximate surface area is 205 Å². The molecule has 35 heavy (non-hydrogen) atoms. The molecule has 1 aromatic rings. The molecule has 0 aliphatic carbocycles. The summed E-state index contributed by atoms with van der Waals surface area (Å²) < 4.78 is 5.13. The van der Waals surface area contributed by atoms with E-state index in [0.717, 1.165) is 5.69 Å². The second-order valence-corrected chi connectivity index (χ2v) is 10.1. The van der Waals surface area contributed by atoms with Gasteiger partial charge in [-0.15, -0.1) is 0 Å². The van der Waals surface area contributed by atoms with E-state index in [0.29, 0.717) is 32.6 Å². The highest BCUT2D eigenvalue weighted by molar-refractivity contribution is 5.93. The zero-order valence-electron chi connectivity index (χ0n) is 20.9. The minimum Gasteiger partial charge on any atom is -0.480 e. The summed E-state index contributed by atoms with van der Waals surface area (Å²) in [5, 5.41) is 14.5. The molecule has 0 saturated carbocycles. The number of carbonyl (C=O) groups is 4. The van der Waals surface area contributed by atoms with E-state index in [1.165, 1.54) is 6.92 Å². The van der Waals surface area contributed by atoms with Crippen LogP contribution in [0.4, 0.5) is 15.3 Å². The molecule has 11 heteroatoms. The van der Waals surface area contributed by atoms with Crippen LogP contribution in [0.2, 0.25) is 0 Å². The van der Waals surface area contributed by atoms with Crippen molar-refractivity contribution in [2.75, 3.05) is 31.7 Å². The lowest BCUT2D eigenvalue weighted by molar-refractivity contribution is -0.140. The first-order chi connectivity index (χ1) is 16.3. The molecule has 192 valence electrons. The number of likely N-dealkylation sites (N-methyl/N-ethyl adjacent to an activating group) is 1. The first kappa shape index (κ1) is 26.1. The van der Waals surface area contributed by atoms with Crippen LogP contribution in [-0.2, 0) is 14.3 Å². The number of urea groups is 1. The van der Waals surface area contributed by atoms with Crippen LogP contribution in [0, 0.1) is 0 Å². The third-order valence-electron chi connectivity index (χ3n) is 6.35. The van der Waals surface area contributed by atoms with Crippen molar-refractivity contribution in [3.8, 4) is 0 Å². The van der Waals surface area contributed by atoms with Gasteiger partial charge in [0.05, 0.1) is 12.7 Å². The van der Waals surface area contributed by atoms with Gasteiger partial charge in [0.2, 0.25) is 5.91 Å². The molecule has 0 radical (unpaired) electrons. The number of rotatable bonds is 5. The smallest absolute Gasteiger partial charge is 0.408 e. The van der Waals surface area contributed by atoms with E-state index < -0.39 is 41.3 Å². The number of anilines is 1. The fourth-order valence-electron chi connectivity index (χ4n) is 4.59. The summed E-state index contributed by atoms with van der Waals surface area (Å²) in [5.41, 5.74) is -0.558. The molecular weight excluding hydrogens is 454 g/mol. The number of hydrogen-bond donors (Lipinski definition) is 3. The van der Waals surface area contributed by atoms with Crippen molar-refractivity contribution in [1.29, 1.82) is 0 Å². The number of aliphatic carboxylic acids is 1. The fraction of sp³-hybridized carbons (Fsp3) is 0.583. The fourth-order valence-corrected chi connectivity index (χ4v) is 4.59. The van der Waals surface area contributed by atoms with E-state index in [1.807, 2.05) is 30.3 Å². The largest absolute Gasteiger partial charge is 0.480 e. The van der Waals surface area contributed by atoms with Gasteiger partial charge in [-0.05, 0) is 52.7 Å². The Kier molecular flexibility index (Phi) is 7.47. The Morgan fingerprint density at radius 1 is 1.09 bits per heavy atom. The highest BCUT2D eigenvalue weighted by atomic mass is 16.6. The Balaban J connectivity index is 1.63. The van der Waals surface area contributed by atoms with Crippen molar-refractivity contribution < 1.29 is 29.0 Å². The Morgan fingerprint density at radius 3 is 2.23 bits per heavy atom. The maximum absolute atomic E-state index is 13.1. The summed E-state index contributed by atoms with van der Waals surface area (Å²) in [6.45, 7) is 7.65. The molecule has 3 rings (SSSR count). The van der Waals surface area contributed by atoms with Crippen LogP contribution in [0.15, 0.2) is 30.3 Å². The highest BCUT2D eigenvalue weighted by Gasteiger charge is 2.53. The van der Waals surface area contributed by atoms with Crippen molar-refractivity contribution in [2.24, 2.45) is 0 Å². The second kappa shape index (κ2) is 10.0. The number of para-hydroxylation sites is 1.